The van der Waals surface area contributed by atoms with E-state index >= 15 is 0 Å². The summed E-state index contributed by atoms with van der Waals surface area (Å²) >= 11 is 0. The summed E-state index contributed by atoms with van der Waals surface area (Å²) in [6.45, 7) is 2.66. The second kappa shape index (κ2) is 5.76. The first-order valence-electron chi connectivity index (χ1n) is 4.61. The largest absolute Gasteiger partial charge is 0.378 e. The number of nitrogens with one attached hydrogen (secondary N) is 1. The number of hydrogen-bond donors (Lipinski definition) is 1. The smallest absolute Gasteiger partial charge is 0.0857 e. The summed E-state index contributed by atoms with van der Waals surface area (Å²) in [4.78, 5) is 4.21. The van der Waals surface area contributed by atoms with Gasteiger partial charge in [0.25, 0.3) is 0 Å². The Morgan fingerprint density at radius 2 is 2.21 bits per heavy atom. The Hall–Kier alpha value is -1.82. The first kappa shape index (κ1) is 10.3. The van der Waals surface area contributed by atoms with Crippen LogP contribution in [0.15, 0.2) is 29.3 Å². The molecule has 1 aromatic carbocycles. The lowest BCUT2D eigenvalue weighted by atomic mass is 10.2. The van der Waals surface area contributed by atoms with E-state index in [1.165, 1.54) is 0 Å². The maximum atomic E-state index is 7.62. The summed E-state index contributed by atoms with van der Waals surface area (Å²) in [5, 5.41) is 10.8. The van der Waals surface area contributed by atoms with E-state index in [-0.39, 0.29) is 0 Å². The van der Waals surface area contributed by atoms with Crippen LogP contribution in [0.1, 0.15) is 13.3 Å². The molecule has 1 N–H and O–H groups in total. The van der Waals surface area contributed by atoms with E-state index in [1.54, 1.807) is 0 Å². The number of fused-ring (bicyclic) bond motifs is 1. The molecule has 0 radical (unpaired) electrons. The van der Waals surface area contributed by atoms with Gasteiger partial charge in [0.2, 0.25) is 0 Å². The average Bonchev–Trinajstić information content (AvgIpc) is 2.30. The Labute approximate surface area is 84.1 Å². The van der Waals surface area contributed by atoms with Crippen molar-refractivity contribution in [1.82, 2.24) is 0 Å². The third-order valence-corrected chi connectivity index (χ3v) is 1.68. The van der Waals surface area contributed by atoms with Crippen molar-refractivity contribution in [2.75, 3.05) is 11.9 Å². The van der Waals surface area contributed by atoms with Gasteiger partial charge in [-0.25, -0.2) is 0 Å². The zero-order valence-electron chi connectivity index (χ0n) is 8.20. The van der Waals surface area contributed by atoms with E-state index < -0.39 is 0 Å². The lowest BCUT2D eigenvalue weighted by Crippen LogP contribution is -2.05. The first-order chi connectivity index (χ1) is 6.88. The maximum absolute atomic E-state index is 7.62. The van der Waals surface area contributed by atoms with E-state index in [2.05, 4.69) is 10.3 Å². The van der Waals surface area contributed by atoms with Gasteiger partial charge in [0.1, 0.15) is 0 Å². The number of benzene rings is 1. The van der Waals surface area contributed by atoms with Gasteiger partial charge in [0.15, 0.2) is 0 Å². The van der Waals surface area contributed by atoms with Crippen molar-refractivity contribution in [3.63, 3.8) is 0 Å². The maximum Gasteiger partial charge on any atom is 0.0857 e. The van der Waals surface area contributed by atoms with Crippen LogP contribution in [0.3, 0.4) is 0 Å². The molecule has 0 saturated heterocycles. The molecule has 1 heterocycles. The summed E-state index contributed by atoms with van der Waals surface area (Å²) in [6.07, 6.45) is 2.50. The molecule has 0 saturated carbocycles. The van der Waals surface area contributed by atoms with Crippen molar-refractivity contribution >= 4 is 17.6 Å². The van der Waals surface area contributed by atoms with Crippen molar-refractivity contribution < 1.29 is 0 Å². The zero-order valence-corrected chi connectivity index (χ0v) is 8.20. The van der Waals surface area contributed by atoms with Gasteiger partial charge in [-0.05, 0) is 12.1 Å². The van der Waals surface area contributed by atoms with Gasteiger partial charge >= 0.3 is 0 Å². The highest BCUT2D eigenvalue weighted by atomic mass is 14.9. The van der Waals surface area contributed by atoms with Crippen LogP contribution < -0.4 is 5.32 Å². The molecule has 1 aliphatic heterocycles. The second-order valence-electron chi connectivity index (χ2n) is 2.72. The highest BCUT2D eigenvalue weighted by molar-refractivity contribution is 5.80. The van der Waals surface area contributed by atoms with Gasteiger partial charge in [-0.1, -0.05) is 19.1 Å². The quantitative estimate of drug-likeness (QED) is 0.678. The van der Waals surface area contributed by atoms with Crippen molar-refractivity contribution in [2.45, 2.75) is 13.3 Å². The fourth-order valence-corrected chi connectivity index (χ4v) is 1.04. The minimum Gasteiger partial charge on any atom is -0.378 e. The Balaban J connectivity index is 0.000000213. The number of anilines is 1. The molecular weight excluding hydrogens is 174 g/mol. The van der Waals surface area contributed by atoms with Crippen LogP contribution >= 0.6 is 0 Å². The van der Waals surface area contributed by atoms with Gasteiger partial charge in [0, 0.05) is 12.6 Å². The van der Waals surface area contributed by atoms with Crippen LogP contribution in [0.5, 0.6) is 0 Å². The summed E-state index contributed by atoms with van der Waals surface area (Å²) in [6, 6.07) is 9.96. The third-order valence-electron chi connectivity index (χ3n) is 1.68. The van der Waals surface area contributed by atoms with Crippen LogP contribution in [0.2, 0.25) is 0 Å². The van der Waals surface area contributed by atoms with E-state index in [4.69, 9.17) is 5.26 Å². The number of hydrogen-bond acceptors (Lipinski definition) is 3. The number of aliphatic imine (C=N–C) groups is 1. The Morgan fingerprint density at radius 3 is 2.86 bits per heavy atom. The van der Waals surface area contributed by atoms with Crippen molar-refractivity contribution in [1.29, 1.82) is 5.26 Å². The van der Waals surface area contributed by atoms with Crippen LogP contribution in [-0.2, 0) is 0 Å². The molecule has 1 aliphatic rings. The summed E-state index contributed by atoms with van der Waals surface area (Å²) < 4.78 is 0. The zero-order chi connectivity index (χ0) is 10.2. The van der Waals surface area contributed by atoms with Crippen LogP contribution in [0, 0.1) is 11.3 Å². The van der Waals surface area contributed by atoms with Gasteiger partial charge < -0.3 is 5.32 Å². The molecule has 0 aromatic heterocycles. The molecule has 0 unspecified atom stereocenters. The van der Waals surface area contributed by atoms with Gasteiger partial charge in [-0.15, -0.1) is 0 Å². The van der Waals surface area contributed by atoms with Crippen LogP contribution in [0.25, 0.3) is 0 Å². The molecule has 0 spiro atoms. The Morgan fingerprint density at radius 1 is 1.50 bits per heavy atom. The molecule has 3 nitrogen and oxygen atoms in total. The molecule has 0 amide bonds. The number of nitriles is 1. The normalized spacial score (nSPS) is 11.4. The van der Waals surface area contributed by atoms with E-state index in [1.807, 2.05) is 43.5 Å². The van der Waals surface area contributed by atoms with E-state index in [9.17, 15) is 0 Å². The minimum atomic E-state index is 0.625. The van der Waals surface area contributed by atoms with Crippen LogP contribution in [0.4, 0.5) is 11.4 Å². The standard InChI is InChI=1S/C8H8N2.C3H5N/c1-2-4-8-7(3-1)9-5-6-10-8;1-2-3-4/h1-5,10H,6H2;2H2,1H3. The molecule has 0 fully saturated rings. The molecular formula is C11H13N3. The predicted molar refractivity (Wildman–Crippen MR) is 59.0 cm³/mol. The lowest BCUT2D eigenvalue weighted by Gasteiger charge is -2.10. The number of nitrogens with zero attached hydrogens (tertiary/aromatic N) is 2. The van der Waals surface area contributed by atoms with Crippen molar-refractivity contribution in [2.24, 2.45) is 4.99 Å². The van der Waals surface area contributed by atoms with E-state index in [0.717, 1.165) is 17.9 Å². The topological polar surface area (TPSA) is 48.2 Å². The van der Waals surface area contributed by atoms with Gasteiger partial charge in [-0.3, -0.25) is 4.99 Å². The average molecular weight is 187 g/mol. The Kier molecular flexibility index (Phi) is 4.22. The molecule has 2 rings (SSSR count). The number of para-hydroxylation sites is 2. The molecule has 0 atom stereocenters. The summed E-state index contributed by atoms with van der Waals surface area (Å²) in [7, 11) is 0. The monoisotopic (exact) mass is 187 g/mol. The molecule has 3 heteroatoms. The first-order valence-corrected chi connectivity index (χ1v) is 4.61. The second-order valence-corrected chi connectivity index (χ2v) is 2.72. The minimum absolute atomic E-state index is 0.625. The molecule has 1 aromatic rings. The SMILES string of the molecule is C1=Nc2ccccc2NC1.CCC#N. The molecule has 0 bridgehead atoms. The third kappa shape index (κ3) is 2.91. The Bertz CT molecular complexity index is 350. The van der Waals surface area contributed by atoms with Crippen molar-refractivity contribution in [3.05, 3.63) is 24.3 Å². The fourth-order valence-electron chi connectivity index (χ4n) is 1.04. The summed E-state index contributed by atoms with van der Waals surface area (Å²) in [5.74, 6) is 0. The number of rotatable bonds is 0. The molecule has 0 aliphatic carbocycles. The van der Waals surface area contributed by atoms with Crippen molar-refractivity contribution in [3.8, 4) is 6.07 Å². The summed E-state index contributed by atoms with van der Waals surface area (Å²) in [5.41, 5.74) is 2.17. The molecule has 72 valence electrons. The lowest BCUT2D eigenvalue weighted by molar-refractivity contribution is 1.22. The predicted octanol–water partition coefficient (Wildman–Crippen LogP) is 2.73. The van der Waals surface area contributed by atoms with Gasteiger partial charge in [0.05, 0.1) is 24.0 Å². The van der Waals surface area contributed by atoms with Crippen LogP contribution in [-0.4, -0.2) is 12.8 Å². The highest BCUT2D eigenvalue weighted by Gasteiger charge is 2.00. The fraction of sp³-hybridized carbons (Fsp3) is 0.273. The molecule has 14 heavy (non-hydrogen) atoms. The van der Waals surface area contributed by atoms with Gasteiger partial charge in [-0.2, -0.15) is 5.26 Å². The van der Waals surface area contributed by atoms with E-state index in [0.29, 0.717) is 6.42 Å². The highest BCUT2D eigenvalue weighted by Crippen LogP contribution is 2.24.